The van der Waals surface area contributed by atoms with Crippen molar-refractivity contribution >= 4 is 39.1 Å². The third-order valence-corrected chi connectivity index (χ3v) is 4.86. The van der Waals surface area contributed by atoms with Crippen molar-refractivity contribution in [3.05, 3.63) is 56.0 Å². The summed E-state index contributed by atoms with van der Waals surface area (Å²) in [4.78, 5) is 0. The molecule has 24 heavy (non-hydrogen) atoms. The van der Waals surface area contributed by atoms with Crippen LogP contribution in [0.25, 0.3) is 0 Å². The highest BCUT2D eigenvalue weighted by Gasteiger charge is 2.10. The van der Waals surface area contributed by atoms with E-state index in [1.165, 1.54) is 0 Å². The summed E-state index contributed by atoms with van der Waals surface area (Å²) < 4.78 is 11.9. The van der Waals surface area contributed by atoms with E-state index in [1.54, 1.807) is 13.2 Å². The number of hydrogen-bond donors (Lipinski definition) is 1. The fourth-order valence-electron chi connectivity index (χ4n) is 2.31. The first-order chi connectivity index (χ1) is 11.5. The van der Waals surface area contributed by atoms with Gasteiger partial charge in [0.25, 0.3) is 0 Å². The van der Waals surface area contributed by atoms with Gasteiger partial charge >= 0.3 is 0 Å². The Labute approximate surface area is 161 Å². The first-order valence-corrected chi connectivity index (χ1v) is 9.24. The number of halogens is 3. The Kier molecular flexibility index (Phi) is 7.69. The van der Waals surface area contributed by atoms with Crippen LogP contribution in [0.1, 0.15) is 18.1 Å². The fraction of sp³-hybridized carbons (Fsp3) is 0.333. The molecule has 2 aromatic rings. The van der Waals surface area contributed by atoms with Gasteiger partial charge in [0.2, 0.25) is 0 Å². The Balaban J connectivity index is 1.95. The third kappa shape index (κ3) is 5.28. The van der Waals surface area contributed by atoms with Crippen molar-refractivity contribution in [3.8, 4) is 11.5 Å². The van der Waals surface area contributed by atoms with Crippen molar-refractivity contribution in [1.29, 1.82) is 0 Å². The summed E-state index contributed by atoms with van der Waals surface area (Å²) in [6.07, 6.45) is 0.835. The highest BCUT2D eigenvalue weighted by Crippen LogP contribution is 2.33. The molecule has 1 N–H and O–H groups in total. The number of hydrogen-bond acceptors (Lipinski definition) is 3. The summed E-state index contributed by atoms with van der Waals surface area (Å²) in [5.41, 5.74) is 2.19. The van der Waals surface area contributed by atoms with Crippen molar-refractivity contribution in [2.24, 2.45) is 0 Å². The molecule has 0 heterocycles. The van der Waals surface area contributed by atoms with E-state index < -0.39 is 0 Å². The van der Waals surface area contributed by atoms with Crippen molar-refractivity contribution in [2.75, 3.05) is 20.3 Å². The average Bonchev–Trinajstić information content (AvgIpc) is 2.55. The lowest BCUT2D eigenvalue weighted by molar-refractivity contribution is 0.310. The molecule has 0 unspecified atom stereocenters. The van der Waals surface area contributed by atoms with Crippen molar-refractivity contribution in [1.82, 2.24) is 5.32 Å². The molecule has 0 radical (unpaired) electrons. The van der Waals surface area contributed by atoms with Crippen LogP contribution >= 0.6 is 39.1 Å². The fourth-order valence-corrected chi connectivity index (χ4v) is 3.28. The number of benzene rings is 2. The lowest BCUT2D eigenvalue weighted by Crippen LogP contribution is -2.17. The topological polar surface area (TPSA) is 30.5 Å². The highest BCUT2D eigenvalue weighted by molar-refractivity contribution is 9.10. The zero-order valence-corrected chi connectivity index (χ0v) is 16.8. The second kappa shape index (κ2) is 9.52. The molecule has 0 aliphatic carbocycles. The van der Waals surface area contributed by atoms with Gasteiger partial charge in [0.1, 0.15) is 0 Å². The Morgan fingerprint density at radius 1 is 1.08 bits per heavy atom. The van der Waals surface area contributed by atoms with E-state index in [0.717, 1.165) is 46.6 Å². The van der Waals surface area contributed by atoms with Gasteiger partial charge in [-0.15, -0.1) is 0 Å². The molecule has 0 amide bonds. The lowest BCUT2D eigenvalue weighted by Gasteiger charge is -2.14. The van der Waals surface area contributed by atoms with Crippen LogP contribution in [0.5, 0.6) is 11.5 Å². The van der Waals surface area contributed by atoms with Crippen LogP contribution in [0.4, 0.5) is 0 Å². The van der Waals surface area contributed by atoms with E-state index in [2.05, 4.69) is 21.2 Å². The molecule has 0 saturated heterocycles. The van der Waals surface area contributed by atoms with E-state index in [-0.39, 0.29) is 0 Å². The minimum absolute atomic E-state index is 0.597. The Morgan fingerprint density at radius 2 is 1.88 bits per heavy atom. The molecule has 0 aliphatic rings. The van der Waals surface area contributed by atoms with Crippen molar-refractivity contribution in [2.45, 2.75) is 19.9 Å². The standard InChI is InChI=1S/C18H20BrCl2NO2/c1-3-24-18-8-13(15(19)10-17(18)23-2)11-22-7-6-12-4-5-14(20)9-16(12)21/h4-5,8-10,22H,3,6-7,11H2,1-2H3. The van der Waals surface area contributed by atoms with Crippen LogP contribution < -0.4 is 14.8 Å². The highest BCUT2D eigenvalue weighted by atomic mass is 79.9. The normalized spacial score (nSPS) is 10.7. The lowest BCUT2D eigenvalue weighted by atomic mass is 10.1. The molecule has 0 fully saturated rings. The first kappa shape index (κ1) is 19.4. The van der Waals surface area contributed by atoms with Gasteiger partial charge in [-0.1, -0.05) is 45.2 Å². The second-order valence-corrected chi connectivity index (χ2v) is 6.89. The largest absolute Gasteiger partial charge is 0.493 e. The summed E-state index contributed by atoms with van der Waals surface area (Å²) in [7, 11) is 1.64. The SMILES string of the molecule is CCOc1cc(CNCCc2ccc(Cl)cc2Cl)c(Br)cc1OC. The molecule has 0 aliphatic heterocycles. The van der Waals surface area contributed by atoms with E-state index in [9.17, 15) is 0 Å². The molecule has 0 saturated carbocycles. The van der Waals surface area contributed by atoms with Gasteiger partial charge in [-0.2, -0.15) is 0 Å². The molecular formula is C18H20BrCl2NO2. The van der Waals surface area contributed by atoms with Gasteiger partial charge < -0.3 is 14.8 Å². The molecular weight excluding hydrogens is 413 g/mol. The number of methoxy groups -OCH3 is 1. The molecule has 2 aromatic carbocycles. The number of nitrogens with one attached hydrogen (secondary N) is 1. The molecule has 6 heteroatoms. The van der Waals surface area contributed by atoms with E-state index in [0.29, 0.717) is 16.7 Å². The van der Waals surface area contributed by atoms with Crippen molar-refractivity contribution < 1.29 is 9.47 Å². The first-order valence-electron chi connectivity index (χ1n) is 7.69. The minimum atomic E-state index is 0.597. The van der Waals surface area contributed by atoms with Crippen LogP contribution in [0.2, 0.25) is 10.0 Å². The summed E-state index contributed by atoms with van der Waals surface area (Å²) in [5, 5.41) is 4.78. The quantitative estimate of drug-likeness (QED) is 0.559. The maximum absolute atomic E-state index is 6.19. The zero-order chi connectivity index (χ0) is 17.5. The summed E-state index contributed by atoms with van der Waals surface area (Å²) >= 11 is 15.7. The molecule has 2 rings (SSSR count). The van der Waals surface area contributed by atoms with Crippen LogP contribution in [0.3, 0.4) is 0 Å². The van der Waals surface area contributed by atoms with Gasteiger partial charge in [-0.05, 0) is 55.3 Å². The van der Waals surface area contributed by atoms with Gasteiger partial charge in [0, 0.05) is 21.1 Å². The van der Waals surface area contributed by atoms with Crippen LogP contribution in [0.15, 0.2) is 34.8 Å². The van der Waals surface area contributed by atoms with E-state index in [4.69, 9.17) is 32.7 Å². The minimum Gasteiger partial charge on any atom is -0.493 e. The van der Waals surface area contributed by atoms with Gasteiger partial charge in [0.05, 0.1) is 13.7 Å². The van der Waals surface area contributed by atoms with Crippen LogP contribution in [0, 0.1) is 0 Å². The summed E-state index contributed by atoms with van der Waals surface area (Å²) in [5.74, 6) is 1.47. The smallest absolute Gasteiger partial charge is 0.161 e. The molecule has 3 nitrogen and oxygen atoms in total. The molecule has 130 valence electrons. The van der Waals surface area contributed by atoms with E-state index in [1.807, 2.05) is 31.2 Å². The monoisotopic (exact) mass is 431 g/mol. The predicted molar refractivity (Wildman–Crippen MR) is 104 cm³/mol. The Hall–Kier alpha value is -0.940. The van der Waals surface area contributed by atoms with Crippen LogP contribution in [-0.2, 0) is 13.0 Å². The molecule has 0 spiro atoms. The van der Waals surface area contributed by atoms with Gasteiger partial charge in [0.15, 0.2) is 11.5 Å². The maximum Gasteiger partial charge on any atom is 0.161 e. The summed E-state index contributed by atoms with van der Waals surface area (Å²) in [6, 6.07) is 9.51. The number of rotatable bonds is 8. The van der Waals surface area contributed by atoms with Gasteiger partial charge in [-0.3, -0.25) is 0 Å². The van der Waals surface area contributed by atoms with Crippen LogP contribution in [-0.4, -0.2) is 20.3 Å². The second-order valence-electron chi connectivity index (χ2n) is 5.19. The van der Waals surface area contributed by atoms with Gasteiger partial charge in [-0.25, -0.2) is 0 Å². The Morgan fingerprint density at radius 3 is 2.54 bits per heavy atom. The predicted octanol–water partition coefficient (Wildman–Crippen LogP) is 5.50. The third-order valence-electron chi connectivity index (χ3n) is 3.53. The maximum atomic E-state index is 6.19. The number of ether oxygens (including phenoxy) is 2. The zero-order valence-electron chi connectivity index (χ0n) is 13.7. The Bertz CT molecular complexity index is 695. The average molecular weight is 433 g/mol. The van der Waals surface area contributed by atoms with Crippen molar-refractivity contribution in [3.63, 3.8) is 0 Å². The molecule has 0 atom stereocenters. The van der Waals surface area contributed by atoms with E-state index >= 15 is 0 Å². The molecule has 0 bridgehead atoms. The summed E-state index contributed by atoms with van der Waals surface area (Å²) in [6.45, 7) is 4.08. The molecule has 0 aromatic heterocycles.